The number of ether oxygens (including phenoxy) is 2. The number of methoxy groups -OCH3 is 2. The van der Waals surface area contributed by atoms with Crippen molar-refractivity contribution in [1.82, 2.24) is 10.2 Å². The Morgan fingerprint density at radius 2 is 1.78 bits per heavy atom. The van der Waals surface area contributed by atoms with E-state index in [4.69, 9.17) is 9.47 Å². The summed E-state index contributed by atoms with van der Waals surface area (Å²) < 4.78 is 10.4. The van der Waals surface area contributed by atoms with Gasteiger partial charge in [0.1, 0.15) is 0 Å². The van der Waals surface area contributed by atoms with E-state index in [1.807, 2.05) is 24.3 Å². The van der Waals surface area contributed by atoms with Gasteiger partial charge in [-0.05, 0) is 35.2 Å². The zero-order chi connectivity index (χ0) is 19.2. The summed E-state index contributed by atoms with van der Waals surface area (Å²) in [5, 5.41) is 2.72. The van der Waals surface area contributed by atoms with Crippen LogP contribution in [-0.4, -0.2) is 44.0 Å². The molecule has 6 heteroatoms. The molecule has 2 amide bonds. The van der Waals surface area contributed by atoms with Crippen LogP contribution >= 0.6 is 0 Å². The molecule has 142 valence electrons. The lowest BCUT2D eigenvalue weighted by Gasteiger charge is -2.29. The molecule has 0 fully saturated rings. The first kappa shape index (κ1) is 18.8. The molecule has 1 aliphatic heterocycles. The maximum Gasteiger partial charge on any atom is 0.242 e. The average Bonchev–Trinajstić information content (AvgIpc) is 2.71. The van der Waals surface area contributed by atoms with Gasteiger partial charge in [-0.15, -0.1) is 0 Å². The number of fused-ring (bicyclic) bond motifs is 1. The molecule has 0 bridgehead atoms. The summed E-state index contributed by atoms with van der Waals surface area (Å²) in [5.74, 6) is 0.922. The van der Waals surface area contributed by atoms with E-state index in [-0.39, 0.29) is 24.8 Å². The third kappa shape index (κ3) is 4.58. The Labute approximate surface area is 159 Å². The van der Waals surface area contributed by atoms with E-state index < -0.39 is 0 Å². The van der Waals surface area contributed by atoms with Gasteiger partial charge in [0.2, 0.25) is 11.8 Å². The van der Waals surface area contributed by atoms with Crippen LogP contribution in [0, 0.1) is 0 Å². The number of carbonyl (C=O) groups excluding carboxylic acids is 2. The molecule has 0 saturated carbocycles. The summed E-state index contributed by atoms with van der Waals surface area (Å²) in [5.41, 5.74) is 3.26. The molecular formula is C21H24N2O4. The molecule has 2 aromatic rings. The van der Waals surface area contributed by atoms with Crippen LogP contribution in [0.4, 0.5) is 0 Å². The van der Waals surface area contributed by atoms with Gasteiger partial charge < -0.3 is 19.7 Å². The van der Waals surface area contributed by atoms with Gasteiger partial charge in [0.15, 0.2) is 11.5 Å². The number of nitrogens with one attached hydrogen (secondary N) is 1. The minimum absolute atomic E-state index is 0.00822. The van der Waals surface area contributed by atoms with E-state index in [0.717, 1.165) is 12.0 Å². The summed E-state index contributed by atoms with van der Waals surface area (Å²) in [7, 11) is 3.12. The third-order valence-electron chi connectivity index (χ3n) is 4.73. The highest BCUT2D eigenvalue weighted by molar-refractivity contribution is 5.86. The van der Waals surface area contributed by atoms with Crippen molar-refractivity contribution in [2.24, 2.45) is 0 Å². The fourth-order valence-electron chi connectivity index (χ4n) is 3.23. The van der Waals surface area contributed by atoms with Gasteiger partial charge in [0.25, 0.3) is 0 Å². The monoisotopic (exact) mass is 368 g/mol. The first-order valence-corrected chi connectivity index (χ1v) is 8.93. The van der Waals surface area contributed by atoms with Gasteiger partial charge in [-0.25, -0.2) is 0 Å². The highest BCUT2D eigenvalue weighted by Crippen LogP contribution is 2.27. The van der Waals surface area contributed by atoms with Crippen molar-refractivity contribution in [1.29, 1.82) is 0 Å². The van der Waals surface area contributed by atoms with Crippen LogP contribution in [0.3, 0.4) is 0 Å². The van der Waals surface area contributed by atoms with Crippen molar-refractivity contribution in [3.63, 3.8) is 0 Å². The second-order valence-corrected chi connectivity index (χ2v) is 6.48. The molecule has 0 aromatic heterocycles. The maximum absolute atomic E-state index is 12.4. The van der Waals surface area contributed by atoms with Crippen LogP contribution in [0.2, 0.25) is 0 Å². The highest BCUT2D eigenvalue weighted by Gasteiger charge is 2.20. The van der Waals surface area contributed by atoms with Gasteiger partial charge in [0, 0.05) is 13.1 Å². The number of hydrogen-bond acceptors (Lipinski definition) is 4. The Balaban J connectivity index is 1.51. The zero-order valence-corrected chi connectivity index (χ0v) is 15.7. The standard InChI is InChI=1S/C21H24N2O4/c1-26-18-8-7-15(11-19(18)27-2)12-20(24)22-13-21(25)23-10-9-16-5-3-4-6-17(16)14-23/h3-8,11H,9-10,12-14H2,1-2H3,(H,22,24). The zero-order valence-electron chi connectivity index (χ0n) is 15.7. The first-order chi connectivity index (χ1) is 13.1. The van der Waals surface area contributed by atoms with E-state index in [1.54, 1.807) is 31.3 Å². The van der Waals surface area contributed by atoms with Crippen LogP contribution in [0.15, 0.2) is 42.5 Å². The number of nitrogens with zero attached hydrogens (tertiary/aromatic N) is 1. The van der Waals surface area contributed by atoms with Gasteiger partial charge in [-0.3, -0.25) is 9.59 Å². The summed E-state index contributed by atoms with van der Waals surface area (Å²) in [6.45, 7) is 1.29. The van der Waals surface area contributed by atoms with Gasteiger partial charge >= 0.3 is 0 Å². The van der Waals surface area contributed by atoms with Crippen molar-refractivity contribution in [2.75, 3.05) is 27.3 Å². The second-order valence-electron chi connectivity index (χ2n) is 6.48. The Kier molecular flexibility index (Phi) is 5.96. The van der Waals surface area contributed by atoms with Gasteiger partial charge in [-0.1, -0.05) is 30.3 Å². The van der Waals surface area contributed by atoms with Crippen LogP contribution in [-0.2, 0) is 29.0 Å². The molecule has 0 radical (unpaired) electrons. The molecule has 27 heavy (non-hydrogen) atoms. The molecule has 2 aromatic carbocycles. The summed E-state index contributed by atoms with van der Waals surface area (Å²) in [6.07, 6.45) is 1.03. The first-order valence-electron chi connectivity index (χ1n) is 8.93. The molecule has 6 nitrogen and oxygen atoms in total. The molecule has 0 aliphatic carbocycles. The van der Waals surface area contributed by atoms with E-state index >= 15 is 0 Å². The number of benzene rings is 2. The normalized spacial score (nSPS) is 12.9. The Hall–Kier alpha value is -3.02. The van der Waals surface area contributed by atoms with Crippen molar-refractivity contribution in [2.45, 2.75) is 19.4 Å². The minimum Gasteiger partial charge on any atom is -0.493 e. The largest absolute Gasteiger partial charge is 0.493 e. The van der Waals surface area contributed by atoms with E-state index in [0.29, 0.717) is 24.6 Å². The molecule has 0 spiro atoms. The number of carbonyl (C=O) groups is 2. The van der Waals surface area contributed by atoms with Crippen molar-refractivity contribution in [3.05, 3.63) is 59.2 Å². The van der Waals surface area contributed by atoms with Crippen LogP contribution < -0.4 is 14.8 Å². The van der Waals surface area contributed by atoms with Crippen LogP contribution in [0.5, 0.6) is 11.5 Å². The van der Waals surface area contributed by atoms with Crippen molar-refractivity contribution in [3.8, 4) is 11.5 Å². The van der Waals surface area contributed by atoms with E-state index in [9.17, 15) is 9.59 Å². The lowest BCUT2D eigenvalue weighted by atomic mass is 10.00. The Morgan fingerprint density at radius 3 is 2.52 bits per heavy atom. The summed E-state index contributed by atoms with van der Waals surface area (Å²) in [6, 6.07) is 13.5. The molecule has 3 rings (SSSR count). The fraction of sp³-hybridized carbons (Fsp3) is 0.333. The number of hydrogen-bond donors (Lipinski definition) is 1. The molecule has 0 atom stereocenters. The second kappa shape index (κ2) is 8.58. The quantitative estimate of drug-likeness (QED) is 0.846. The smallest absolute Gasteiger partial charge is 0.242 e. The fourth-order valence-corrected chi connectivity index (χ4v) is 3.23. The van der Waals surface area contributed by atoms with Crippen LogP contribution in [0.1, 0.15) is 16.7 Å². The van der Waals surface area contributed by atoms with Crippen molar-refractivity contribution < 1.29 is 19.1 Å². The molecular weight excluding hydrogens is 344 g/mol. The molecule has 1 aliphatic rings. The molecule has 1 heterocycles. The average molecular weight is 368 g/mol. The SMILES string of the molecule is COc1ccc(CC(=O)NCC(=O)N2CCc3ccccc3C2)cc1OC. The number of amides is 2. The van der Waals surface area contributed by atoms with E-state index in [1.165, 1.54) is 11.1 Å². The molecule has 1 N–H and O–H groups in total. The van der Waals surface area contributed by atoms with E-state index in [2.05, 4.69) is 11.4 Å². The van der Waals surface area contributed by atoms with Crippen molar-refractivity contribution >= 4 is 11.8 Å². The Morgan fingerprint density at radius 1 is 1.04 bits per heavy atom. The highest BCUT2D eigenvalue weighted by atomic mass is 16.5. The van der Waals surface area contributed by atoms with Gasteiger partial charge in [-0.2, -0.15) is 0 Å². The maximum atomic E-state index is 12.4. The number of rotatable bonds is 6. The minimum atomic E-state index is -0.201. The molecule has 0 saturated heterocycles. The Bertz CT molecular complexity index is 835. The molecule has 0 unspecified atom stereocenters. The third-order valence-corrected chi connectivity index (χ3v) is 4.73. The predicted octanol–water partition coefficient (Wildman–Crippen LogP) is 1.95. The van der Waals surface area contributed by atoms with Crippen LogP contribution in [0.25, 0.3) is 0 Å². The predicted molar refractivity (Wildman–Crippen MR) is 102 cm³/mol. The topological polar surface area (TPSA) is 67.9 Å². The lowest BCUT2D eigenvalue weighted by Crippen LogP contribution is -2.42. The lowest BCUT2D eigenvalue weighted by molar-refractivity contribution is -0.133. The van der Waals surface area contributed by atoms with Gasteiger partial charge in [0.05, 0.1) is 27.2 Å². The summed E-state index contributed by atoms with van der Waals surface area (Å²) in [4.78, 5) is 26.4. The summed E-state index contributed by atoms with van der Waals surface area (Å²) >= 11 is 0.